The Hall–Kier alpha value is -3.03. The molecule has 1 N–H and O–H groups in total. The van der Waals surface area contributed by atoms with Gasteiger partial charge in [-0.2, -0.15) is 0 Å². The average Bonchev–Trinajstić information content (AvgIpc) is 3.52. The number of aromatic nitrogens is 3. The highest BCUT2D eigenvalue weighted by atomic mass is 32.1. The van der Waals surface area contributed by atoms with Gasteiger partial charge < -0.3 is 9.73 Å². The fourth-order valence-corrected chi connectivity index (χ4v) is 4.90. The van der Waals surface area contributed by atoms with Crippen LogP contribution >= 0.6 is 22.7 Å². The van der Waals surface area contributed by atoms with E-state index in [1.165, 1.54) is 20.9 Å². The molecule has 7 heteroatoms. The summed E-state index contributed by atoms with van der Waals surface area (Å²) in [7, 11) is 0. The van der Waals surface area contributed by atoms with Crippen LogP contribution in [0.4, 0.5) is 5.82 Å². The molecule has 0 unspecified atom stereocenters. The van der Waals surface area contributed by atoms with Gasteiger partial charge in [0.15, 0.2) is 5.82 Å². The summed E-state index contributed by atoms with van der Waals surface area (Å²) in [6.07, 6.45) is 7.28. The highest BCUT2D eigenvalue weighted by Gasteiger charge is 2.12. The van der Waals surface area contributed by atoms with Crippen LogP contribution in [0, 0.1) is 6.92 Å². The second-order valence-electron chi connectivity index (χ2n) is 7.08. The molecule has 0 spiro atoms. The van der Waals surface area contributed by atoms with Crippen molar-refractivity contribution in [1.29, 1.82) is 0 Å². The number of benzene rings is 1. The van der Waals surface area contributed by atoms with Gasteiger partial charge in [-0.1, -0.05) is 24.3 Å². The van der Waals surface area contributed by atoms with Crippen molar-refractivity contribution in [2.45, 2.75) is 19.8 Å². The topological polar surface area (TPSA) is 63.8 Å². The number of nitrogens with zero attached hydrogens (tertiary/aromatic N) is 3. The molecule has 4 aromatic heterocycles. The average molecular weight is 433 g/mol. The SMILES string of the molecule is Cc1cc2c(NCCCc3ccc(-c4cncs4)cc3)nc(-c3ccoc3)nc2s1. The highest BCUT2D eigenvalue weighted by Crippen LogP contribution is 2.31. The first kappa shape index (κ1) is 19.0. The fraction of sp³-hybridized carbons (Fsp3) is 0.174. The van der Waals surface area contributed by atoms with E-state index in [2.05, 4.69) is 47.6 Å². The molecule has 5 rings (SSSR count). The van der Waals surface area contributed by atoms with Gasteiger partial charge in [0.2, 0.25) is 0 Å². The van der Waals surface area contributed by atoms with Crippen LogP contribution in [0.1, 0.15) is 16.9 Å². The predicted molar refractivity (Wildman–Crippen MR) is 124 cm³/mol. The van der Waals surface area contributed by atoms with Crippen molar-refractivity contribution in [1.82, 2.24) is 15.0 Å². The minimum atomic E-state index is 0.694. The summed E-state index contributed by atoms with van der Waals surface area (Å²) in [5.41, 5.74) is 5.32. The molecule has 0 bridgehead atoms. The third-order valence-electron chi connectivity index (χ3n) is 4.90. The van der Waals surface area contributed by atoms with Gasteiger partial charge in [0.1, 0.15) is 16.9 Å². The van der Waals surface area contributed by atoms with E-state index in [4.69, 9.17) is 14.4 Å². The molecular formula is C23H20N4OS2. The third kappa shape index (κ3) is 3.99. The van der Waals surface area contributed by atoms with Crippen LogP contribution in [0.25, 0.3) is 32.0 Å². The van der Waals surface area contributed by atoms with E-state index in [1.54, 1.807) is 35.2 Å². The molecule has 0 atom stereocenters. The first-order chi connectivity index (χ1) is 14.8. The minimum Gasteiger partial charge on any atom is -0.472 e. The van der Waals surface area contributed by atoms with Gasteiger partial charge in [0.25, 0.3) is 0 Å². The molecule has 1 aromatic carbocycles. The summed E-state index contributed by atoms with van der Waals surface area (Å²) in [6.45, 7) is 2.95. The zero-order valence-corrected chi connectivity index (χ0v) is 18.1. The number of hydrogen-bond donors (Lipinski definition) is 1. The van der Waals surface area contributed by atoms with Gasteiger partial charge in [-0.05, 0) is 43.0 Å². The summed E-state index contributed by atoms with van der Waals surface area (Å²) in [4.78, 5) is 17.1. The summed E-state index contributed by atoms with van der Waals surface area (Å²) >= 11 is 3.35. The molecule has 0 fully saturated rings. The Bertz CT molecular complexity index is 1240. The zero-order valence-electron chi connectivity index (χ0n) is 16.5. The van der Waals surface area contributed by atoms with Gasteiger partial charge in [0.05, 0.1) is 27.6 Å². The van der Waals surface area contributed by atoms with Gasteiger partial charge >= 0.3 is 0 Å². The van der Waals surface area contributed by atoms with E-state index in [0.717, 1.165) is 41.0 Å². The van der Waals surface area contributed by atoms with Crippen LogP contribution < -0.4 is 5.32 Å². The van der Waals surface area contributed by atoms with Crippen molar-refractivity contribution in [2.24, 2.45) is 0 Å². The Morgan fingerprint density at radius 1 is 1.07 bits per heavy atom. The zero-order chi connectivity index (χ0) is 20.3. The van der Waals surface area contributed by atoms with Crippen molar-refractivity contribution in [2.75, 3.05) is 11.9 Å². The van der Waals surface area contributed by atoms with Gasteiger partial charge in [-0.3, -0.25) is 4.98 Å². The van der Waals surface area contributed by atoms with Crippen LogP contribution in [-0.2, 0) is 6.42 Å². The van der Waals surface area contributed by atoms with E-state index >= 15 is 0 Å². The Labute approximate surface area is 182 Å². The monoisotopic (exact) mass is 432 g/mol. The van der Waals surface area contributed by atoms with Crippen molar-refractivity contribution in [3.8, 4) is 21.8 Å². The van der Waals surface area contributed by atoms with Crippen molar-refractivity contribution < 1.29 is 4.42 Å². The quantitative estimate of drug-likeness (QED) is 0.300. The van der Waals surface area contributed by atoms with E-state index < -0.39 is 0 Å². The maximum absolute atomic E-state index is 5.21. The molecule has 5 aromatic rings. The smallest absolute Gasteiger partial charge is 0.166 e. The number of anilines is 1. The van der Waals surface area contributed by atoms with Gasteiger partial charge in [-0.25, -0.2) is 9.97 Å². The number of aryl methyl sites for hydroxylation is 2. The lowest BCUT2D eigenvalue weighted by Gasteiger charge is -2.09. The van der Waals surface area contributed by atoms with E-state index in [1.807, 2.05) is 17.8 Å². The summed E-state index contributed by atoms with van der Waals surface area (Å²) in [5, 5.41) is 4.61. The fourth-order valence-electron chi connectivity index (χ4n) is 3.39. The minimum absolute atomic E-state index is 0.694. The number of thiophene rings is 1. The predicted octanol–water partition coefficient (Wildman–Crippen LogP) is 6.43. The Morgan fingerprint density at radius 3 is 2.73 bits per heavy atom. The molecule has 0 amide bonds. The van der Waals surface area contributed by atoms with Crippen molar-refractivity contribution in [3.05, 3.63) is 71.1 Å². The van der Waals surface area contributed by atoms with E-state index in [-0.39, 0.29) is 0 Å². The van der Waals surface area contributed by atoms with Crippen molar-refractivity contribution >= 4 is 38.7 Å². The first-order valence-corrected chi connectivity index (χ1v) is 11.5. The summed E-state index contributed by atoms with van der Waals surface area (Å²) in [5.74, 6) is 1.58. The lowest BCUT2D eigenvalue weighted by molar-refractivity contribution is 0.568. The van der Waals surface area contributed by atoms with Gasteiger partial charge in [-0.15, -0.1) is 22.7 Å². The lowest BCUT2D eigenvalue weighted by atomic mass is 10.1. The normalized spacial score (nSPS) is 11.2. The second-order valence-corrected chi connectivity index (χ2v) is 9.20. The molecule has 0 radical (unpaired) electrons. The number of fused-ring (bicyclic) bond motifs is 1. The molecule has 0 saturated heterocycles. The number of nitrogens with one attached hydrogen (secondary N) is 1. The largest absolute Gasteiger partial charge is 0.472 e. The molecule has 0 aliphatic carbocycles. The van der Waals surface area contributed by atoms with Crippen LogP contribution in [-0.4, -0.2) is 21.5 Å². The molecule has 5 nitrogen and oxygen atoms in total. The highest BCUT2D eigenvalue weighted by molar-refractivity contribution is 7.18. The molecule has 0 aliphatic heterocycles. The van der Waals surface area contributed by atoms with E-state index in [9.17, 15) is 0 Å². The van der Waals surface area contributed by atoms with Crippen molar-refractivity contribution in [3.63, 3.8) is 0 Å². The number of furan rings is 1. The maximum Gasteiger partial charge on any atom is 0.166 e. The Kier molecular flexibility index (Phi) is 5.29. The van der Waals surface area contributed by atoms with Crippen LogP contribution in [0.2, 0.25) is 0 Å². The lowest BCUT2D eigenvalue weighted by Crippen LogP contribution is -2.06. The Morgan fingerprint density at radius 2 is 1.97 bits per heavy atom. The number of rotatable bonds is 7. The van der Waals surface area contributed by atoms with Crippen LogP contribution in [0.15, 0.2) is 65.0 Å². The number of thiazole rings is 1. The van der Waals surface area contributed by atoms with E-state index in [0.29, 0.717) is 5.82 Å². The summed E-state index contributed by atoms with van der Waals surface area (Å²) in [6, 6.07) is 12.8. The second kappa shape index (κ2) is 8.38. The first-order valence-electron chi connectivity index (χ1n) is 9.79. The van der Waals surface area contributed by atoms with Crippen LogP contribution in [0.3, 0.4) is 0 Å². The molecule has 30 heavy (non-hydrogen) atoms. The molecular weight excluding hydrogens is 412 g/mol. The standard InChI is InChI=1S/C23H20N4OS2/c1-15-11-19-22(26-21(27-23(19)30-15)18-8-10-28-13-18)25-9-2-3-16-4-6-17(7-5-16)20-12-24-14-29-20/h4-8,10-14H,2-3,9H2,1H3,(H,25,26,27). The third-order valence-corrected chi connectivity index (χ3v) is 6.67. The molecule has 0 saturated carbocycles. The number of hydrogen-bond acceptors (Lipinski definition) is 7. The van der Waals surface area contributed by atoms with Gasteiger partial charge in [0, 0.05) is 17.6 Å². The Balaban J connectivity index is 1.26. The van der Waals surface area contributed by atoms with Crippen LogP contribution in [0.5, 0.6) is 0 Å². The summed E-state index contributed by atoms with van der Waals surface area (Å²) < 4.78 is 5.21. The maximum atomic E-state index is 5.21. The molecule has 0 aliphatic rings. The molecule has 150 valence electrons. The molecule has 4 heterocycles.